The minimum absolute atomic E-state index is 0.446. The van der Waals surface area contributed by atoms with Gasteiger partial charge in [-0.05, 0) is 12.8 Å². The zero-order valence-corrected chi connectivity index (χ0v) is 9.07. The van der Waals surface area contributed by atoms with Crippen LogP contribution in [0.15, 0.2) is 12.4 Å². The van der Waals surface area contributed by atoms with Gasteiger partial charge in [-0.15, -0.1) is 0 Å². The first-order chi connectivity index (χ1) is 7.30. The largest absolute Gasteiger partial charge is 0.381 e. The Hall–Kier alpha value is -0.870. The molecular formula is C11H17N3O. The van der Waals surface area contributed by atoms with Crippen LogP contribution in [0.3, 0.4) is 0 Å². The third-order valence-electron chi connectivity index (χ3n) is 3.82. The summed E-state index contributed by atoms with van der Waals surface area (Å²) < 4.78 is 7.32. The van der Waals surface area contributed by atoms with E-state index in [1.54, 1.807) is 0 Å². The van der Waals surface area contributed by atoms with Crippen LogP contribution in [0.2, 0.25) is 0 Å². The van der Waals surface area contributed by atoms with Gasteiger partial charge in [-0.25, -0.2) is 0 Å². The number of aromatic nitrogens is 2. The molecule has 3 heterocycles. The van der Waals surface area contributed by atoms with E-state index < -0.39 is 0 Å². The van der Waals surface area contributed by atoms with Gasteiger partial charge in [-0.2, -0.15) is 5.10 Å². The van der Waals surface area contributed by atoms with Gasteiger partial charge >= 0.3 is 0 Å². The van der Waals surface area contributed by atoms with E-state index in [4.69, 9.17) is 4.74 Å². The number of rotatable bonds is 1. The predicted octanol–water partition coefficient (Wildman–Crippen LogP) is 0.861. The Labute approximate surface area is 89.6 Å². The van der Waals surface area contributed by atoms with Crippen molar-refractivity contribution in [2.45, 2.75) is 18.9 Å². The first-order valence-electron chi connectivity index (χ1n) is 5.60. The number of nitrogens with zero attached hydrogens (tertiary/aromatic N) is 2. The Kier molecular flexibility index (Phi) is 2.07. The van der Waals surface area contributed by atoms with Crippen molar-refractivity contribution in [3.05, 3.63) is 18.0 Å². The fourth-order valence-corrected chi connectivity index (χ4v) is 2.80. The van der Waals surface area contributed by atoms with Gasteiger partial charge in [-0.3, -0.25) is 4.68 Å². The minimum atomic E-state index is 0.446. The van der Waals surface area contributed by atoms with Crippen molar-refractivity contribution in [2.24, 2.45) is 12.5 Å². The fourth-order valence-electron chi connectivity index (χ4n) is 2.80. The van der Waals surface area contributed by atoms with E-state index in [-0.39, 0.29) is 0 Å². The van der Waals surface area contributed by atoms with Crippen LogP contribution in [0.4, 0.5) is 0 Å². The van der Waals surface area contributed by atoms with Crippen molar-refractivity contribution in [3.8, 4) is 0 Å². The summed E-state index contributed by atoms with van der Waals surface area (Å²) in [4.78, 5) is 0. The summed E-state index contributed by atoms with van der Waals surface area (Å²) in [5, 5.41) is 7.77. The van der Waals surface area contributed by atoms with Crippen LogP contribution in [0.1, 0.15) is 24.4 Å². The number of hydrogen-bond acceptors (Lipinski definition) is 3. The molecule has 2 saturated heterocycles. The Morgan fingerprint density at radius 3 is 2.87 bits per heavy atom. The van der Waals surface area contributed by atoms with Gasteiger partial charge in [0, 0.05) is 50.0 Å². The molecule has 4 heteroatoms. The van der Waals surface area contributed by atoms with E-state index >= 15 is 0 Å². The molecule has 1 unspecified atom stereocenters. The summed E-state index contributed by atoms with van der Waals surface area (Å²) >= 11 is 0. The first kappa shape index (κ1) is 9.36. The molecule has 2 fully saturated rings. The second kappa shape index (κ2) is 3.32. The maximum atomic E-state index is 5.44. The maximum Gasteiger partial charge on any atom is 0.0537 e. The summed E-state index contributed by atoms with van der Waals surface area (Å²) in [6.45, 7) is 2.97. The van der Waals surface area contributed by atoms with Crippen molar-refractivity contribution in [1.82, 2.24) is 15.1 Å². The summed E-state index contributed by atoms with van der Waals surface area (Å²) in [5.41, 5.74) is 1.77. The predicted molar refractivity (Wildman–Crippen MR) is 56.4 cm³/mol. The molecule has 2 aliphatic heterocycles. The molecule has 2 aliphatic rings. The lowest BCUT2D eigenvalue weighted by atomic mass is 9.66. The van der Waals surface area contributed by atoms with E-state index in [1.807, 2.05) is 17.9 Å². The standard InChI is InChI=1S/C11H17N3O/c1-14-7-9(6-13-14)10-11(8-12-10)2-4-15-5-3-11/h6-7,10,12H,2-5,8H2,1H3. The average molecular weight is 207 g/mol. The molecule has 4 nitrogen and oxygen atoms in total. The Morgan fingerprint density at radius 2 is 2.33 bits per heavy atom. The summed E-state index contributed by atoms with van der Waals surface area (Å²) in [6.07, 6.45) is 6.46. The lowest BCUT2D eigenvalue weighted by Crippen LogP contribution is -2.58. The van der Waals surface area contributed by atoms with Gasteiger partial charge in [0.05, 0.1) is 6.20 Å². The van der Waals surface area contributed by atoms with Gasteiger partial charge in [0.2, 0.25) is 0 Å². The molecule has 0 aromatic carbocycles. The second-order valence-electron chi connectivity index (χ2n) is 4.74. The summed E-state index contributed by atoms with van der Waals surface area (Å²) in [5.74, 6) is 0. The van der Waals surface area contributed by atoms with Gasteiger partial charge in [0.25, 0.3) is 0 Å². The van der Waals surface area contributed by atoms with Crippen LogP contribution in [-0.4, -0.2) is 29.5 Å². The highest BCUT2D eigenvalue weighted by Gasteiger charge is 2.48. The second-order valence-corrected chi connectivity index (χ2v) is 4.74. The highest BCUT2D eigenvalue weighted by atomic mass is 16.5. The van der Waals surface area contributed by atoms with E-state index in [0.29, 0.717) is 11.5 Å². The Bertz CT molecular complexity index is 354. The smallest absolute Gasteiger partial charge is 0.0537 e. The monoisotopic (exact) mass is 207 g/mol. The zero-order chi connectivity index (χ0) is 10.3. The topological polar surface area (TPSA) is 39.1 Å². The average Bonchev–Trinajstić information content (AvgIpc) is 2.64. The van der Waals surface area contributed by atoms with E-state index in [2.05, 4.69) is 16.6 Å². The molecule has 0 amide bonds. The number of ether oxygens (including phenoxy) is 1. The fraction of sp³-hybridized carbons (Fsp3) is 0.727. The maximum absolute atomic E-state index is 5.44. The molecule has 15 heavy (non-hydrogen) atoms. The lowest BCUT2D eigenvalue weighted by Gasteiger charge is -2.52. The molecule has 1 aromatic rings. The third kappa shape index (κ3) is 1.40. The van der Waals surface area contributed by atoms with Crippen LogP contribution >= 0.6 is 0 Å². The van der Waals surface area contributed by atoms with Crippen LogP contribution in [0, 0.1) is 5.41 Å². The van der Waals surface area contributed by atoms with Gasteiger partial charge in [-0.1, -0.05) is 0 Å². The van der Waals surface area contributed by atoms with Gasteiger partial charge < -0.3 is 10.1 Å². The quantitative estimate of drug-likeness (QED) is 0.742. The van der Waals surface area contributed by atoms with Gasteiger partial charge in [0.1, 0.15) is 0 Å². The van der Waals surface area contributed by atoms with Crippen LogP contribution in [0.5, 0.6) is 0 Å². The minimum Gasteiger partial charge on any atom is -0.381 e. The van der Waals surface area contributed by atoms with Crippen molar-refractivity contribution in [3.63, 3.8) is 0 Å². The van der Waals surface area contributed by atoms with Crippen LogP contribution < -0.4 is 5.32 Å². The SMILES string of the molecule is Cn1cc(C2NCC23CCOCC3)cn1. The molecule has 1 spiro atoms. The van der Waals surface area contributed by atoms with E-state index in [9.17, 15) is 0 Å². The van der Waals surface area contributed by atoms with Crippen molar-refractivity contribution in [1.29, 1.82) is 0 Å². The number of hydrogen-bond donors (Lipinski definition) is 1. The zero-order valence-electron chi connectivity index (χ0n) is 9.07. The third-order valence-corrected chi connectivity index (χ3v) is 3.82. The molecule has 1 N–H and O–H groups in total. The number of aryl methyl sites for hydroxylation is 1. The van der Waals surface area contributed by atoms with Crippen molar-refractivity contribution >= 4 is 0 Å². The molecule has 0 aliphatic carbocycles. The molecule has 82 valence electrons. The number of nitrogens with one attached hydrogen (secondary N) is 1. The summed E-state index contributed by atoms with van der Waals surface area (Å²) in [6, 6.07) is 0.495. The Balaban J connectivity index is 1.82. The van der Waals surface area contributed by atoms with E-state index in [1.165, 1.54) is 18.4 Å². The lowest BCUT2D eigenvalue weighted by molar-refractivity contribution is -0.0479. The van der Waals surface area contributed by atoms with Gasteiger partial charge in [0.15, 0.2) is 0 Å². The first-order valence-corrected chi connectivity index (χ1v) is 5.60. The highest BCUT2D eigenvalue weighted by molar-refractivity contribution is 5.20. The van der Waals surface area contributed by atoms with E-state index in [0.717, 1.165) is 19.8 Å². The molecule has 0 bridgehead atoms. The normalized spacial score (nSPS) is 29.0. The molecular weight excluding hydrogens is 190 g/mol. The molecule has 1 atom stereocenters. The Morgan fingerprint density at radius 1 is 1.53 bits per heavy atom. The molecule has 0 radical (unpaired) electrons. The molecule has 0 saturated carbocycles. The van der Waals surface area contributed by atoms with Crippen molar-refractivity contribution in [2.75, 3.05) is 19.8 Å². The van der Waals surface area contributed by atoms with Crippen LogP contribution in [0.25, 0.3) is 0 Å². The van der Waals surface area contributed by atoms with Crippen LogP contribution in [-0.2, 0) is 11.8 Å². The summed E-state index contributed by atoms with van der Waals surface area (Å²) in [7, 11) is 1.97. The molecule has 3 rings (SSSR count). The van der Waals surface area contributed by atoms with Crippen molar-refractivity contribution < 1.29 is 4.74 Å². The highest BCUT2D eigenvalue weighted by Crippen LogP contribution is 2.48. The molecule has 1 aromatic heterocycles.